The van der Waals surface area contributed by atoms with Crippen molar-refractivity contribution in [2.45, 2.75) is 20.3 Å². The zero-order valence-electron chi connectivity index (χ0n) is 11.8. The van der Waals surface area contributed by atoms with Crippen LogP contribution in [0.5, 0.6) is 5.75 Å². The zero-order chi connectivity index (χ0) is 15.4. The molecular weight excluding hydrogens is 290 g/mol. The molecule has 1 aromatic carbocycles. The van der Waals surface area contributed by atoms with E-state index in [9.17, 15) is 9.59 Å². The molecule has 0 atom stereocenters. The summed E-state index contributed by atoms with van der Waals surface area (Å²) < 4.78 is 5.40. The van der Waals surface area contributed by atoms with Gasteiger partial charge >= 0.3 is 5.97 Å². The van der Waals surface area contributed by atoms with E-state index < -0.39 is 5.97 Å². The number of aromatic carboxylic acids is 1. The minimum atomic E-state index is -1.07. The highest BCUT2D eigenvalue weighted by molar-refractivity contribution is 7.15. The highest BCUT2D eigenvalue weighted by atomic mass is 32.1. The van der Waals surface area contributed by atoms with Gasteiger partial charge in [-0.15, -0.1) is 11.3 Å². The molecule has 0 bridgehead atoms. The van der Waals surface area contributed by atoms with Crippen LogP contribution in [0.25, 0.3) is 0 Å². The van der Waals surface area contributed by atoms with Gasteiger partial charge in [-0.05, 0) is 31.0 Å². The number of hydrogen-bond acceptors (Lipinski definition) is 5. The number of aromatic nitrogens is 1. The number of benzene rings is 1. The number of carbonyl (C=O) groups is 2. The highest BCUT2D eigenvalue weighted by Crippen LogP contribution is 2.19. The smallest absolute Gasteiger partial charge is 0.347 e. The largest absolute Gasteiger partial charge is 0.485 e. The maximum atomic E-state index is 12.0. The van der Waals surface area contributed by atoms with Crippen LogP contribution >= 0.6 is 11.3 Å². The molecule has 0 saturated heterocycles. The van der Waals surface area contributed by atoms with Crippen molar-refractivity contribution in [2.75, 3.05) is 6.61 Å². The van der Waals surface area contributed by atoms with Crippen molar-refractivity contribution >= 4 is 23.1 Å². The Hall–Kier alpha value is -2.21. The number of carbonyl (C=O) groups excluding carboxylic acids is 1. The molecule has 21 heavy (non-hydrogen) atoms. The molecular formula is C15H15NO4S. The summed E-state index contributed by atoms with van der Waals surface area (Å²) in [7, 11) is 0. The second-order valence-electron chi connectivity index (χ2n) is 4.45. The van der Waals surface area contributed by atoms with Crippen LogP contribution in [-0.4, -0.2) is 28.4 Å². The number of thiazole rings is 1. The Morgan fingerprint density at radius 2 is 1.95 bits per heavy atom. The predicted molar refractivity (Wildman–Crippen MR) is 79.5 cm³/mol. The summed E-state index contributed by atoms with van der Waals surface area (Å²) in [6, 6.07) is 7.50. The van der Waals surface area contributed by atoms with E-state index >= 15 is 0 Å². The van der Waals surface area contributed by atoms with Crippen molar-refractivity contribution in [1.82, 2.24) is 4.98 Å². The van der Waals surface area contributed by atoms with Gasteiger partial charge in [0.25, 0.3) is 0 Å². The molecule has 0 fully saturated rings. The van der Waals surface area contributed by atoms with Gasteiger partial charge in [-0.2, -0.15) is 0 Å². The first-order valence-electron chi connectivity index (χ1n) is 6.47. The molecule has 2 rings (SSSR count). The Labute approximate surface area is 126 Å². The Morgan fingerprint density at radius 3 is 2.48 bits per heavy atom. The first-order chi connectivity index (χ1) is 10.0. The van der Waals surface area contributed by atoms with E-state index in [2.05, 4.69) is 11.9 Å². The van der Waals surface area contributed by atoms with Crippen LogP contribution in [0.4, 0.5) is 0 Å². The summed E-state index contributed by atoms with van der Waals surface area (Å²) in [5.74, 6) is -0.789. The molecule has 0 aliphatic heterocycles. The third-order valence-electron chi connectivity index (χ3n) is 2.93. The van der Waals surface area contributed by atoms with Gasteiger partial charge in [0.05, 0.1) is 5.69 Å². The van der Waals surface area contributed by atoms with Crippen LogP contribution in [0.2, 0.25) is 0 Å². The second kappa shape index (κ2) is 6.49. The predicted octanol–water partition coefficient (Wildman–Crippen LogP) is 2.97. The van der Waals surface area contributed by atoms with E-state index in [1.54, 1.807) is 6.92 Å². The number of carboxylic acids is 1. The average molecular weight is 305 g/mol. The monoisotopic (exact) mass is 305 g/mol. The van der Waals surface area contributed by atoms with Gasteiger partial charge in [-0.3, -0.25) is 4.79 Å². The number of ether oxygens (including phenoxy) is 1. The van der Waals surface area contributed by atoms with Crippen molar-refractivity contribution in [1.29, 1.82) is 0 Å². The van der Waals surface area contributed by atoms with Crippen LogP contribution in [0.15, 0.2) is 24.3 Å². The van der Waals surface area contributed by atoms with Gasteiger partial charge < -0.3 is 9.84 Å². The maximum Gasteiger partial charge on any atom is 0.347 e. The Balaban J connectivity index is 2.01. The minimum Gasteiger partial charge on any atom is -0.485 e. The number of hydrogen-bond donors (Lipinski definition) is 1. The van der Waals surface area contributed by atoms with E-state index in [1.165, 1.54) is 5.56 Å². The lowest BCUT2D eigenvalue weighted by Crippen LogP contribution is -2.11. The summed E-state index contributed by atoms with van der Waals surface area (Å²) in [6.07, 6.45) is 0.940. The van der Waals surface area contributed by atoms with Gasteiger partial charge in [-0.1, -0.05) is 19.1 Å². The summed E-state index contributed by atoms with van der Waals surface area (Å²) >= 11 is 0.877. The van der Waals surface area contributed by atoms with Crippen LogP contribution in [-0.2, 0) is 6.42 Å². The molecule has 2 aromatic rings. The van der Waals surface area contributed by atoms with Crippen molar-refractivity contribution in [3.63, 3.8) is 0 Å². The fraction of sp³-hybridized carbons (Fsp3) is 0.267. The average Bonchev–Trinajstić information content (AvgIpc) is 2.87. The molecule has 110 valence electrons. The number of aryl methyl sites for hydroxylation is 2. The molecule has 0 saturated carbocycles. The topological polar surface area (TPSA) is 76.5 Å². The third kappa shape index (κ3) is 3.66. The van der Waals surface area contributed by atoms with E-state index in [4.69, 9.17) is 9.84 Å². The second-order valence-corrected chi connectivity index (χ2v) is 5.45. The fourth-order valence-electron chi connectivity index (χ4n) is 1.75. The maximum absolute atomic E-state index is 12.0. The molecule has 1 N–H and O–H groups in total. The molecule has 0 amide bonds. The first kappa shape index (κ1) is 15.2. The van der Waals surface area contributed by atoms with Crippen molar-refractivity contribution in [3.05, 3.63) is 45.4 Å². The van der Waals surface area contributed by atoms with Crippen LogP contribution in [0, 0.1) is 6.92 Å². The highest BCUT2D eigenvalue weighted by Gasteiger charge is 2.18. The lowest BCUT2D eigenvalue weighted by atomic mass is 10.2. The van der Waals surface area contributed by atoms with Crippen LogP contribution in [0.3, 0.4) is 0 Å². The van der Waals surface area contributed by atoms with Crippen molar-refractivity contribution in [2.24, 2.45) is 0 Å². The normalized spacial score (nSPS) is 10.4. The van der Waals surface area contributed by atoms with Gasteiger partial charge in [-0.25, -0.2) is 9.78 Å². The number of ketones is 1. The fourth-order valence-corrected chi connectivity index (χ4v) is 2.58. The van der Waals surface area contributed by atoms with Gasteiger partial charge in [0, 0.05) is 0 Å². The van der Waals surface area contributed by atoms with Crippen LogP contribution < -0.4 is 4.74 Å². The summed E-state index contributed by atoms with van der Waals surface area (Å²) in [5.41, 5.74) is 1.54. The third-order valence-corrected chi connectivity index (χ3v) is 4.12. The molecule has 6 heteroatoms. The zero-order valence-corrected chi connectivity index (χ0v) is 12.6. The Kier molecular flexibility index (Phi) is 4.70. The molecule has 0 aliphatic rings. The number of nitrogens with zero attached hydrogens (tertiary/aromatic N) is 1. The van der Waals surface area contributed by atoms with Crippen molar-refractivity contribution in [3.8, 4) is 5.75 Å². The van der Waals surface area contributed by atoms with E-state index in [0.717, 1.165) is 17.8 Å². The van der Waals surface area contributed by atoms with E-state index in [0.29, 0.717) is 11.4 Å². The number of Topliss-reactive ketones (excluding diaryl/α,β-unsaturated/α-hetero) is 1. The lowest BCUT2D eigenvalue weighted by Gasteiger charge is -2.04. The molecule has 0 radical (unpaired) electrons. The summed E-state index contributed by atoms with van der Waals surface area (Å²) in [6.45, 7) is 3.47. The van der Waals surface area contributed by atoms with Gasteiger partial charge in [0.15, 0.2) is 11.6 Å². The Bertz CT molecular complexity index is 661. The van der Waals surface area contributed by atoms with Crippen molar-refractivity contribution < 1.29 is 19.4 Å². The molecule has 1 aromatic heterocycles. The number of rotatable bonds is 6. The molecule has 0 unspecified atom stereocenters. The molecule has 5 nitrogen and oxygen atoms in total. The summed E-state index contributed by atoms with van der Waals surface area (Å²) in [5, 5.41) is 9.11. The SMILES string of the molecule is CCc1ccc(OCC(=O)c2nc(C)c(C(=O)O)s2)cc1. The Morgan fingerprint density at radius 1 is 1.29 bits per heavy atom. The molecule has 1 heterocycles. The van der Waals surface area contributed by atoms with Gasteiger partial charge in [0.1, 0.15) is 10.6 Å². The lowest BCUT2D eigenvalue weighted by molar-refractivity contribution is 0.0701. The standard InChI is InChI=1S/C15H15NO4S/c1-3-10-4-6-11(7-5-10)20-8-12(17)14-16-9(2)13(21-14)15(18)19/h4-7H,3,8H2,1-2H3,(H,18,19). The quantitative estimate of drug-likeness (QED) is 0.830. The van der Waals surface area contributed by atoms with Crippen LogP contribution in [0.1, 0.15) is 37.7 Å². The van der Waals surface area contributed by atoms with E-state index in [1.807, 2.05) is 24.3 Å². The summed E-state index contributed by atoms with van der Waals surface area (Å²) in [4.78, 5) is 27.0. The van der Waals surface area contributed by atoms with Gasteiger partial charge in [0.2, 0.25) is 5.78 Å². The molecule has 0 aliphatic carbocycles. The minimum absolute atomic E-state index is 0.0886. The van der Waals surface area contributed by atoms with E-state index in [-0.39, 0.29) is 22.3 Å². The first-order valence-corrected chi connectivity index (χ1v) is 7.28. The molecule has 0 spiro atoms. The number of carboxylic acid groups (broad SMARTS) is 1.